The van der Waals surface area contributed by atoms with Crippen LogP contribution in [0, 0.1) is 0 Å². The first-order valence-corrected chi connectivity index (χ1v) is 2.80. The summed E-state index contributed by atoms with van der Waals surface area (Å²) in [4.78, 5) is 17.8. The summed E-state index contributed by atoms with van der Waals surface area (Å²) < 4.78 is 13.3. The highest BCUT2D eigenvalue weighted by atomic mass is 31.1. The highest BCUT2D eigenvalue weighted by Crippen LogP contribution is 2.13. The fourth-order valence-electron chi connectivity index (χ4n) is 0.114. The Balaban J connectivity index is 3.55. The Bertz CT molecular complexity index is 129. The molecule has 0 aromatic rings. The van der Waals surface area contributed by atoms with E-state index in [0.29, 0.717) is 0 Å². The third-order valence-electron chi connectivity index (χ3n) is 0.335. The summed E-state index contributed by atoms with van der Waals surface area (Å²) in [7, 11) is -2.82. The molecule has 5 heteroatoms. The van der Waals surface area contributed by atoms with E-state index >= 15 is 0 Å². The van der Waals surface area contributed by atoms with Crippen LogP contribution in [0.15, 0.2) is 12.7 Å². The van der Waals surface area contributed by atoms with E-state index in [4.69, 9.17) is 4.89 Å². The fraction of sp³-hybridized carbons (Fsp3) is 0. The normalized spacial score (nSPS) is 9.88. The van der Waals surface area contributed by atoms with Crippen molar-refractivity contribution in [2.75, 3.05) is 0 Å². The average molecular weight is 135 g/mol. The van der Waals surface area contributed by atoms with Crippen molar-refractivity contribution < 1.29 is 18.8 Å². The molecule has 0 saturated heterocycles. The molecule has 0 fully saturated rings. The molecule has 8 heavy (non-hydrogen) atoms. The molecule has 0 aliphatic heterocycles. The van der Waals surface area contributed by atoms with Crippen molar-refractivity contribution >= 4 is 14.2 Å². The monoisotopic (exact) mass is 135 g/mol. The van der Waals surface area contributed by atoms with E-state index in [9.17, 15) is 9.36 Å². The Kier molecular flexibility index (Phi) is 2.99. The topological polar surface area (TPSA) is 63.6 Å². The van der Waals surface area contributed by atoms with Crippen LogP contribution in [0.25, 0.3) is 0 Å². The van der Waals surface area contributed by atoms with Gasteiger partial charge in [0.15, 0.2) is 0 Å². The van der Waals surface area contributed by atoms with Gasteiger partial charge in [-0.05, 0) is 0 Å². The first-order valence-electron chi connectivity index (χ1n) is 1.67. The molecule has 0 aromatic carbocycles. The van der Waals surface area contributed by atoms with E-state index in [1.54, 1.807) is 0 Å². The summed E-state index contributed by atoms with van der Waals surface area (Å²) in [5.41, 5.74) is 0. The molecule has 0 bridgehead atoms. The van der Waals surface area contributed by atoms with Crippen LogP contribution in [0.5, 0.6) is 0 Å². The molecule has 0 aliphatic rings. The number of rotatable bonds is 2. The third-order valence-corrected chi connectivity index (χ3v) is 0.671. The van der Waals surface area contributed by atoms with Crippen LogP contribution >= 0.6 is 8.25 Å². The quantitative estimate of drug-likeness (QED) is 0.438. The molecule has 0 rings (SSSR count). The molecule has 1 unspecified atom stereocenters. The number of carbonyl (C=O) groups is 1. The maximum atomic E-state index is 9.94. The van der Waals surface area contributed by atoms with Gasteiger partial charge < -0.3 is 0 Å². The number of carbonyl (C=O) groups excluding carboxylic acids is 1. The third kappa shape index (κ3) is 3.46. The van der Waals surface area contributed by atoms with E-state index in [2.05, 4.69) is 11.1 Å². The molecule has 0 radical (unpaired) electrons. The average Bonchev–Trinajstić information content (AvgIpc) is 1.65. The van der Waals surface area contributed by atoms with Gasteiger partial charge in [-0.1, -0.05) is 6.58 Å². The summed E-state index contributed by atoms with van der Waals surface area (Å²) in [5.74, 6) is -0.895. The van der Waals surface area contributed by atoms with Crippen LogP contribution in [0.4, 0.5) is 0 Å². The van der Waals surface area contributed by atoms with E-state index in [1.165, 1.54) is 0 Å². The fourth-order valence-corrected chi connectivity index (χ4v) is 0.343. The van der Waals surface area contributed by atoms with Gasteiger partial charge in [0.2, 0.25) is 0 Å². The Morgan fingerprint density at radius 2 is 2.38 bits per heavy atom. The Hall–Kier alpha value is -0.730. The minimum absolute atomic E-state index is 0.809. The summed E-state index contributed by atoms with van der Waals surface area (Å²) >= 11 is 0. The van der Waals surface area contributed by atoms with Crippen molar-refractivity contribution in [3.63, 3.8) is 0 Å². The zero-order chi connectivity index (χ0) is 6.57. The zero-order valence-corrected chi connectivity index (χ0v) is 4.80. The van der Waals surface area contributed by atoms with E-state index in [0.717, 1.165) is 6.08 Å². The van der Waals surface area contributed by atoms with Crippen LogP contribution in [0.3, 0.4) is 0 Å². The van der Waals surface area contributed by atoms with Crippen molar-refractivity contribution in [2.24, 2.45) is 0 Å². The lowest BCUT2D eigenvalue weighted by Gasteiger charge is -1.73. The van der Waals surface area contributed by atoms with E-state index in [-0.39, 0.29) is 0 Å². The molecule has 1 N–H and O–H groups in total. The maximum absolute atomic E-state index is 9.94. The van der Waals surface area contributed by atoms with Gasteiger partial charge in [0, 0.05) is 10.6 Å². The van der Waals surface area contributed by atoms with Gasteiger partial charge in [-0.2, -0.15) is 4.52 Å². The lowest BCUT2D eigenvalue weighted by Crippen LogP contribution is -1.89. The number of hydrogen-bond donors (Lipinski definition) is 1. The second-order valence-corrected chi connectivity index (χ2v) is 1.51. The molecular weight excluding hydrogens is 131 g/mol. The lowest BCUT2D eigenvalue weighted by atomic mass is 10.7. The van der Waals surface area contributed by atoms with E-state index in [1.807, 2.05) is 0 Å². The molecule has 4 nitrogen and oxygen atoms in total. The van der Waals surface area contributed by atoms with Crippen molar-refractivity contribution in [2.45, 2.75) is 0 Å². The molecule has 44 valence electrons. The minimum Gasteiger partial charge on any atom is -0.241 e. The van der Waals surface area contributed by atoms with Gasteiger partial charge in [0.05, 0.1) is 0 Å². The molecule has 1 atom stereocenters. The number of hydrogen-bond acceptors (Lipinski definition) is 3. The smallest absolute Gasteiger partial charge is 0.241 e. The van der Waals surface area contributed by atoms with Crippen LogP contribution in [-0.4, -0.2) is 10.9 Å². The Labute approximate surface area is 46.7 Å². The second-order valence-electron chi connectivity index (χ2n) is 0.852. The van der Waals surface area contributed by atoms with Gasteiger partial charge >= 0.3 is 14.2 Å². The van der Waals surface area contributed by atoms with E-state index < -0.39 is 14.2 Å². The molecular formula is C3H4O4P+. The summed E-state index contributed by atoms with van der Waals surface area (Å²) in [5, 5.41) is 0. The van der Waals surface area contributed by atoms with Gasteiger partial charge in [-0.25, -0.2) is 4.79 Å². The molecule has 0 saturated carbocycles. The summed E-state index contributed by atoms with van der Waals surface area (Å²) in [6, 6.07) is 0. The van der Waals surface area contributed by atoms with Crippen molar-refractivity contribution in [1.82, 2.24) is 0 Å². The zero-order valence-electron chi connectivity index (χ0n) is 3.90. The Morgan fingerprint density at radius 3 is 2.50 bits per heavy atom. The second kappa shape index (κ2) is 3.29. The maximum Gasteiger partial charge on any atom is 0.750 e. The highest BCUT2D eigenvalue weighted by Gasteiger charge is 2.16. The predicted molar refractivity (Wildman–Crippen MR) is 26.1 cm³/mol. The molecule has 0 spiro atoms. The summed E-state index contributed by atoms with van der Waals surface area (Å²) in [6.07, 6.45) is 0.809. The van der Waals surface area contributed by atoms with Gasteiger partial charge in [0.25, 0.3) is 0 Å². The molecule has 0 aliphatic carbocycles. The van der Waals surface area contributed by atoms with Gasteiger partial charge in [-0.15, -0.1) is 4.89 Å². The van der Waals surface area contributed by atoms with Crippen molar-refractivity contribution in [1.29, 1.82) is 0 Å². The molecule has 0 aromatic heterocycles. The van der Waals surface area contributed by atoms with Crippen molar-refractivity contribution in [3.8, 4) is 0 Å². The summed E-state index contributed by atoms with van der Waals surface area (Å²) in [6.45, 7) is 3.00. The molecule has 0 heterocycles. The van der Waals surface area contributed by atoms with Crippen LogP contribution in [-0.2, 0) is 13.9 Å². The van der Waals surface area contributed by atoms with Crippen LogP contribution in [0.1, 0.15) is 0 Å². The Morgan fingerprint density at radius 1 is 1.88 bits per heavy atom. The predicted octanol–water partition coefficient (Wildman–Crippen LogP) is 0.365. The largest absolute Gasteiger partial charge is 0.750 e. The van der Waals surface area contributed by atoms with Crippen LogP contribution in [0.2, 0.25) is 0 Å². The van der Waals surface area contributed by atoms with Crippen LogP contribution < -0.4 is 0 Å². The highest BCUT2D eigenvalue weighted by molar-refractivity contribution is 7.32. The standard InChI is InChI=1S/C3H3O4P/c1-2-3(4)7-8(5)6/h2H,1H2/p+1. The molecule has 0 amide bonds. The van der Waals surface area contributed by atoms with Gasteiger partial charge in [-0.3, -0.25) is 0 Å². The van der Waals surface area contributed by atoms with Crippen molar-refractivity contribution in [3.05, 3.63) is 12.7 Å². The minimum atomic E-state index is -2.82. The first-order chi connectivity index (χ1) is 3.66. The van der Waals surface area contributed by atoms with Gasteiger partial charge in [0.1, 0.15) is 0 Å². The first kappa shape index (κ1) is 7.27. The SMILES string of the molecule is C=CC(=O)O[P+](=O)O. The lowest BCUT2D eigenvalue weighted by molar-refractivity contribution is -0.128.